The zero-order valence-electron chi connectivity index (χ0n) is 9.58. The Morgan fingerprint density at radius 3 is 3.06 bits per heavy atom. The van der Waals surface area contributed by atoms with Gasteiger partial charge in [0.05, 0.1) is 0 Å². The zero-order valence-corrected chi connectivity index (χ0v) is 9.58. The van der Waals surface area contributed by atoms with E-state index in [1.54, 1.807) is 0 Å². The fraction of sp³-hybridized carbons (Fsp3) is 0.417. The van der Waals surface area contributed by atoms with Crippen LogP contribution in [0.3, 0.4) is 0 Å². The smallest absolute Gasteiger partial charge is 0.154 e. The molecular formula is C12H15N3O. The van der Waals surface area contributed by atoms with Crippen molar-refractivity contribution in [3.63, 3.8) is 0 Å². The Kier molecular flexibility index (Phi) is 2.11. The molecule has 0 aromatic carbocycles. The second-order valence-corrected chi connectivity index (χ2v) is 4.43. The molecule has 0 unspecified atom stereocenters. The summed E-state index contributed by atoms with van der Waals surface area (Å²) in [6.45, 7) is 3.99. The third-order valence-electron chi connectivity index (χ3n) is 3.10. The van der Waals surface area contributed by atoms with Crippen LogP contribution in [0.1, 0.15) is 17.0 Å². The van der Waals surface area contributed by atoms with Crippen LogP contribution in [0.5, 0.6) is 0 Å². The van der Waals surface area contributed by atoms with Crippen LogP contribution in [0.2, 0.25) is 0 Å². The summed E-state index contributed by atoms with van der Waals surface area (Å²) in [5.41, 5.74) is 3.50. The predicted octanol–water partition coefficient (Wildman–Crippen LogP) is 1.97. The van der Waals surface area contributed by atoms with Crippen molar-refractivity contribution in [3.05, 3.63) is 29.2 Å². The second kappa shape index (κ2) is 3.49. The third kappa shape index (κ3) is 1.46. The van der Waals surface area contributed by atoms with Crippen LogP contribution in [0, 0.1) is 6.92 Å². The molecule has 0 spiro atoms. The number of fused-ring (bicyclic) bond motifs is 1. The summed E-state index contributed by atoms with van der Waals surface area (Å²) in [6.07, 6.45) is 1.04. The van der Waals surface area contributed by atoms with E-state index in [0.717, 1.165) is 36.7 Å². The van der Waals surface area contributed by atoms with Crippen molar-refractivity contribution in [2.45, 2.75) is 19.9 Å². The molecule has 0 fully saturated rings. The number of rotatable bonds is 1. The fourth-order valence-electron chi connectivity index (χ4n) is 2.20. The number of nitrogens with zero attached hydrogens (tertiary/aromatic N) is 2. The first-order valence-electron chi connectivity index (χ1n) is 5.55. The van der Waals surface area contributed by atoms with Gasteiger partial charge in [-0.25, -0.2) is 0 Å². The highest BCUT2D eigenvalue weighted by Crippen LogP contribution is 2.28. The summed E-state index contributed by atoms with van der Waals surface area (Å²) >= 11 is 0. The second-order valence-electron chi connectivity index (χ2n) is 4.43. The van der Waals surface area contributed by atoms with E-state index in [9.17, 15) is 0 Å². The van der Waals surface area contributed by atoms with Gasteiger partial charge in [0.25, 0.3) is 0 Å². The SMILES string of the molecule is Cc1ccc(-c2n[nH]c3c2CN(C)CC3)o1. The largest absolute Gasteiger partial charge is 0.460 e. The molecule has 4 nitrogen and oxygen atoms in total. The molecular weight excluding hydrogens is 202 g/mol. The van der Waals surface area contributed by atoms with Gasteiger partial charge >= 0.3 is 0 Å². The molecule has 84 valence electrons. The van der Waals surface area contributed by atoms with Crippen LogP contribution >= 0.6 is 0 Å². The van der Waals surface area contributed by atoms with Gasteiger partial charge in [-0.3, -0.25) is 5.10 Å². The highest BCUT2D eigenvalue weighted by Gasteiger charge is 2.21. The van der Waals surface area contributed by atoms with Gasteiger partial charge in [0.2, 0.25) is 0 Å². The van der Waals surface area contributed by atoms with Crippen molar-refractivity contribution in [3.8, 4) is 11.5 Å². The number of likely N-dealkylation sites (N-methyl/N-ethyl adjacent to an activating group) is 1. The number of aromatic amines is 1. The molecule has 1 aliphatic rings. The molecule has 0 saturated carbocycles. The van der Waals surface area contributed by atoms with Gasteiger partial charge in [-0.05, 0) is 26.1 Å². The first-order chi connectivity index (χ1) is 7.74. The van der Waals surface area contributed by atoms with Crippen LogP contribution in [0.25, 0.3) is 11.5 Å². The van der Waals surface area contributed by atoms with Crippen LogP contribution in [0.4, 0.5) is 0 Å². The van der Waals surface area contributed by atoms with E-state index in [4.69, 9.17) is 4.42 Å². The number of H-pyrrole nitrogens is 1. The lowest BCUT2D eigenvalue weighted by Gasteiger charge is -2.21. The van der Waals surface area contributed by atoms with E-state index in [1.807, 2.05) is 19.1 Å². The normalized spacial score (nSPS) is 16.4. The minimum Gasteiger partial charge on any atom is -0.460 e. The van der Waals surface area contributed by atoms with E-state index in [2.05, 4.69) is 22.1 Å². The van der Waals surface area contributed by atoms with Crippen molar-refractivity contribution in [2.24, 2.45) is 0 Å². The molecule has 0 bridgehead atoms. The lowest BCUT2D eigenvalue weighted by molar-refractivity contribution is 0.312. The molecule has 0 atom stereocenters. The standard InChI is InChI=1S/C12H15N3O/c1-8-3-4-11(16-8)12-9-7-15(2)6-5-10(9)13-14-12/h3-4H,5-7H2,1-2H3,(H,13,14). The van der Waals surface area contributed by atoms with Crippen LogP contribution < -0.4 is 0 Å². The number of furan rings is 1. The average Bonchev–Trinajstić information content (AvgIpc) is 2.83. The van der Waals surface area contributed by atoms with Crippen molar-refractivity contribution in [1.29, 1.82) is 0 Å². The Bertz CT molecular complexity index is 512. The molecule has 2 aromatic rings. The number of nitrogens with one attached hydrogen (secondary N) is 1. The van der Waals surface area contributed by atoms with Gasteiger partial charge in [-0.15, -0.1) is 0 Å². The topological polar surface area (TPSA) is 45.1 Å². The van der Waals surface area contributed by atoms with Crippen molar-refractivity contribution in [1.82, 2.24) is 15.1 Å². The predicted molar refractivity (Wildman–Crippen MR) is 61.1 cm³/mol. The summed E-state index contributed by atoms with van der Waals surface area (Å²) in [5.74, 6) is 1.79. The Morgan fingerprint density at radius 2 is 2.31 bits per heavy atom. The van der Waals surface area contributed by atoms with E-state index in [0.29, 0.717) is 0 Å². The van der Waals surface area contributed by atoms with Crippen molar-refractivity contribution in [2.75, 3.05) is 13.6 Å². The van der Waals surface area contributed by atoms with Gasteiger partial charge < -0.3 is 9.32 Å². The Labute approximate surface area is 94.3 Å². The lowest BCUT2D eigenvalue weighted by atomic mass is 10.1. The van der Waals surface area contributed by atoms with E-state index in [1.165, 1.54) is 11.3 Å². The summed E-state index contributed by atoms with van der Waals surface area (Å²) in [4.78, 5) is 2.30. The Hall–Kier alpha value is -1.55. The molecule has 1 aliphatic heterocycles. The van der Waals surface area contributed by atoms with Gasteiger partial charge in [0, 0.05) is 30.8 Å². The van der Waals surface area contributed by atoms with Gasteiger partial charge in [0.15, 0.2) is 5.76 Å². The maximum absolute atomic E-state index is 5.63. The molecule has 4 heteroatoms. The van der Waals surface area contributed by atoms with Gasteiger partial charge in [-0.1, -0.05) is 0 Å². The maximum Gasteiger partial charge on any atom is 0.154 e. The molecule has 0 amide bonds. The van der Waals surface area contributed by atoms with E-state index >= 15 is 0 Å². The van der Waals surface area contributed by atoms with Crippen molar-refractivity contribution >= 4 is 0 Å². The minimum atomic E-state index is 0.866. The Balaban J connectivity index is 2.06. The Morgan fingerprint density at radius 1 is 1.44 bits per heavy atom. The molecule has 0 saturated heterocycles. The fourth-order valence-corrected chi connectivity index (χ4v) is 2.20. The number of aromatic nitrogens is 2. The molecule has 0 radical (unpaired) electrons. The zero-order chi connectivity index (χ0) is 11.1. The van der Waals surface area contributed by atoms with Gasteiger partial charge in [0.1, 0.15) is 11.5 Å². The number of aryl methyl sites for hydroxylation is 1. The third-order valence-corrected chi connectivity index (χ3v) is 3.10. The van der Waals surface area contributed by atoms with Gasteiger partial charge in [-0.2, -0.15) is 5.10 Å². The summed E-state index contributed by atoms with van der Waals surface area (Å²) < 4.78 is 5.63. The molecule has 3 heterocycles. The maximum atomic E-state index is 5.63. The van der Waals surface area contributed by atoms with Crippen LogP contribution in [-0.4, -0.2) is 28.7 Å². The minimum absolute atomic E-state index is 0.866. The number of hydrogen-bond acceptors (Lipinski definition) is 3. The molecule has 16 heavy (non-hydrogen) atoms. The van der Waals surface area contributed by atoms with Crippen LogP contribution in [-0.2, 0) is 13.0 Å². The van der Waals surface area contributed by atoms with Crippen molar-refractivity contribution < 1.29 is 4.42 Å². The molecule has 0 aliphatic carbocycles. The lowest BCUT2D eigenvalue weighted by Crippen LogP contribution is -2.26. The quantitative estimate of drug-likeness (QED) is 0.794. The first kappa shape index (κ1) is 9.66. The summed E-state index contributed by atoms with van der Waals surface area (Å²) in [7, 11) is 2.13. The average molecular weight is 217 g/mol. The first-order valence-corrected chi connectivity index (χ1v) is 5.55. The molecule has 3 rings (SSSR count). The van der Waals surface area contributed by atoms with E-state index < -0.39 is 0 Å². The number of hydrogen-bond donors (Lipinski definition) is 1. The van der Waals surface area contributed by atoms with Crippen LogP contribution in [0.15, 0.2) is 16.5 Å². The monoisotopic (exact) mass is 217 g/mol. The summed E-state index contributed by atoms with van der Waals surface area (Å²) in [5, 5.41) is 7.49. The summed E-state index contributed by atoms with van der Waals surface area (Å²) in [6, 6.07) is 3.96. The highest BCUT2D eigenvalue weighted by molar-refractivity contribution is 5.59. The molecule has 1 N–H and O–H groups in total. The van der Waals surface area contributed by atoms with E-state index in [-0.39, 0.29) is 0 Å². The molecule has 2 aromatic heterocycles. The highest BCUT2D eigenvalue weighted by atomic mass is 16.3.